The Hall–Kier alpha value is -3.65. The van der Waals surface area contributed by atoms with Gasteiger partial charge in [-0.05, 0) is 79.7 Å². The molecule has 12 heteroatoms. The van der Waals surface area contributed by atoms with E-state index < -0.39 is 47.6 Å². The van der Waals surface area contributed by atoms with Crippen molar-refractivity contribution in [2.45, 2.75) is 113 Å². The lowest BCUT2D eigenvalue weighted by atomic mass is 9.62. The van der Waals surface area contributed by atoms with Crippen molar-refractivity contribution in [3.05, 3.63) is 76.9 Å². The summed E-state index contributed by atoms with van der Waals surface area (Å²) in [6.07, 6.45) is 10.7. The monoisotopic (exact) mass is 725 g/mol. The number of carbonyl (C=O) groups excluding carboxylic acids is 3. The Balaban J connectivity index is 0.915. The number of aliphatic hydroxyl groups is 1. The van der Waals surface area contributed by atoms with Crippen molar-refractivity contribution in [3.63, 3.8) is 0 Å². The first kappa shape index (κ1) is 33.9. The normalized spacial score (nSPS) is 36.4. The molecular weight excluding hydrogens is 678 g/mol. The number of nitrogens with one attached hydrogen (secondary N) is 2. The fraction of sp³-hybridized carbons (Fsp3) is 0.585. The van der Waals surface area contributed by atoms with Crippen molar-refractivity contribution in [3.8, 4) is 0 Å². The Morgan fingerprint density at radius 1 is 0.906 bits per heavy atom. The van der Waals surface area contributed by atoms with Crippen molar-refractivity contribution in [1.29, 1.82) is 0 Å². The maximum Gasteiger partial charge on any atom is 0.327 e. The Kier molecular flexibility index (Phi) is 8.31. The SMILES string of the molecule is O=C(NCCO)c1cccc(CNC(=O)C23CC4OC(=O)C2N(Cc2ccc(C=CC5CCC6OC6C5)cc2)OC3C2OC(C3CC3)(C3CC3)OC42)c1. The van der Waals surface area contributed by atoms with Crippen LogP contribution in [0.2, 0.25) is 0 Å². The first-order valence-electron chi connectivity index (χ1n) is 19.5. The molecule has 280 valence electrons. The largest absolute Gasteiger partial charge is 0.458 e. The van der Waals surface area contributed by atoms with Crippen LogP contribution in [-0.2, 0) is 46.5 Å². The first-order valence-corrected chi connectivity index (χ1v) is 19.5. The minimum Gasteiger partial charge on any atom is -0.458 e. The molecule has 2 aromatic rings. The Morgan fingerprint density at radius 3 is 2.45 bits per heavy atom. The Morgan fingerprint density at radius 2 is 1.70 bits per heavy atom. The van der Waals surface area contributed by atoms with Crippen LogP contribution in [0.5, 0.6) is 0 Å². The summed E-state index contributed by atoms with van der Waals surface area (Å²) in [4.78, 5) is 48.2. The average molecular weight is 726 g/mol. The van der Waals surface area contributed by atoms with Gasteiger partial charge in [0.05, 0.1) is 25.4 Å². The van der Waals surface area contributed by atoms with Gasteiger partial charge in [-0.15, -0.1) is 0 Å². The van der Waals surface area contributed by atoms with Crippen molar-refractivity contribution in [1.82, 2.24) is 15.7 Å². The summed E-state index contributed by atoms with van der Waals surface area (Å²) in [6, 6.07) is 14.3. The van der Waals surface area contributed by atoms with Gasteiger partial charge in [-0.1, -0.05) is 48.6 Å². The molecule has 4 saturated carbocycles. The highest BCUT2D eigenvalue weighted by Crippen LogP contribution is 2.63. The summed E-state index contributed by atoms with van der Waals surface area (Å²) in [5.41, 5.74) is 1.92. The molecule has 2 bridgehead atoms. The summed E-state index contributed by atoms with van der Waals surface area (Å²) in [7, 11) is 0. The average Bonchev–Trinajstić information content (AvgIpc) is 4.07. The van der Waals surface area contributed by atoms with Crippen molar-refractivity contribution >= 4 is 23.9 Å². The van der Waals surface area contributed by atoms with Crippen LogP contribution in [0.1, 0.15) is 78.4 Å². The van der Waals surface area contributed by atoms with E-state index in [1.165, 1.54) is 0 Å². The fourth-order valence-electron chi connectivity index (χ4n) is 9.88. The number of fused-ring (bicyclic) bond motifs is 5. The molecule has 0 aromatic heterocycles. The van der Waals surface area contributed by atoms with Gasteiger partial charge in [0.15, 0.2) is 11.8 Å². The number of benzene rings is 2. The van der Waals surface area contributed by atoms with E-state index in [1.807, 2.05) is 18.2 Å². The fourth-order valence-corrected chi connectivity index (χ4v) is 9.88. The minimum atomic E-state index is -1.28. The summed E-state index contributed by atoms with van der Waals surface area (Å²) in [6.45, 7) is 0.411. The van der Waals surface area contributed by atoms with Gasteiger partial charge in [-0.3, -0.25) is 19.2 Å². The van der Waals surface area contributed by atoms with E-state index >= 15 is 0 Å². The molecule has 0 spiro atoms. The topological polar surface area (TPSA) is 148 Å². The number of hydrogen-bond acceptors (Lipinski definition) is 10. The Labute approximate surface area is 308 Å². The zero-order valence-corrected chi connectivity index (χ0v) is 29.7. The lowest BCUT2D eigenvalue weighted by Gasteiger charge is -2.48. The molecule has 4 aliphatic carbocycles. The van der Waals surface area contributed by atoms with Crippen LogP contribution in [0.4, 0.5) is 0 Å². The standard InChI is InChI=1S/C41H47N3O9/c45-17-16-42-37(46)27-3-1-2-26(18-27)21-43-39(48)40-20-32-33-34(52-41(51-33,28-11-12-28)29-13-14-29)36(40)53-44(35(40)38(47)50-32)22-25-8-5-23(6-9-25)4-7-24-10-15-30-31(19-24)49-30/h1-9,18,24,28-36,45H,10-17,19-22H2,(H,42,46)(H,43,48). The molecule has 8 aliphatic rings. The minimum absolute atomic E-state index is 0.143. The summed E-state index contributed by atoms with van der Waals surface area (Å²) in [5.74, 6) is -0.719. The quantitative estimate of drug-likeness (QED) is 0.220. The molecule has 2 amide bonds. The van der Waals surface area contributed by atoms with Crippen molar-refractivity contribution in [2.75, 3.05) is 13.2 Å². The van der Waals surface area contributed by atoms with Crippen LogP contribution >= 0.6 is 0 Å². The molecule has 10 rings (SSSR count). The second-order valence-electron chi connectivity index (χ2n) is 16.4. The summed E-state index contributed by atoms with van der Waals surface area (Å²) in [5, 5.41) is 16.5. The van der Waals surface area contributed by atoms with Gasteiger partial charge in [-0.25, -0.2) is 0 Å². The number of rotatable bonds is 12. The predicted octanol–water partition coefficient (Wildman–Crippen LogP) is 3.41. The molecule has 53 heavy (non-hydrogen) atoms. The van der Waals surface area contributed by atoms with Crippen molar-refractivity contribution in [2.24, 2.45) is 23.2 Å². The van der Waals surface area contributed by atoms with Gasteiger partial charge in [0.1, 0.15) is 29.8 Å². The molecule has 12 nitrogen and oxygen atoms in total. The maximum atomic E-state index is 14.7. The number of hydroxylamine groups is 2. The molecule has 9 atom stereocenters. The maximum absolute atomic E-state index is 14.7. The van der Waals surface area contributed by atoms with Crippen LogP contribution < -0.4 is 10.6 Å². The molecule has 2 aromatic carbocycles. The molecule has 4 saturated heterocycles. The van der Waals surface area contributed by atoms with Crippen molar-refractivity contribution < 1.29 is 43.3 Å². The third-order valence-corrected chi connectivity index (χ3v) is 12.9. The second kappa shape index (κ2) is 13.0. The highest BCUT2D eigenvalue weighted by atomic mass is 16.8. The first-order chi connectivity index (χ1) is 25.8. The van der Waals surface area contributed by atoms with Crippen LogP contribution in [-0.4, -0.2) is 89.6 Å². The third kappa shape index (κ3) is 5.93. The van der Waals surface area contributed by atoms with Gasteiger partial charge in [0.2, 0.25) is 5.91 Å². The van der Waals surface area contributed by atoms with Gasteiger partial charge < -0.3 is 34.7 Å². The number of carbonyl (C=O) groups is 3. The van der Waals surface area contributed by atoms with Crippen LogP contribution in [0.3, 0.4) is 0 Å². The van der Waals surface area contributed by atoms with Crippen LogP contribution in [0.25, 0.3) is 6.08 Å². The smallest absolute Gasteiger partial charge is 0.327 e. The van der Waals surface area contributed by atoms with E-state index in [0.717, 1.165) is 61.6 Å². The molecule has 9 unspecified atom stereocenters. The van der Waals surface area contributed by atoms with E-state index in [4.69, 9.17) is 28.9 Å². The van der Waals surface area contributed by atoms with Gasteiger partial charge in [0.25, 0.3) is 5.91 Å². The number of hydrogen-bond donors (Lipinski definition) is 3. The van der Waals surface area contributed by atoms with E-state index in [-0.39, 0.29) is 44.5 Å². The molecule has 3 N–H and O–H groups in total. The van der Waals surface area contributed by atoms with Gasteiger partial charge in [-0.2, -0.15) is 5.06 Å². The van der Waals surface area contributed by atoms with E-state index in [9.17, 15) is 14.4 Å². The molecule has 0 radical (unpaired) electrons. The lowest BCUT2D eigenvalue weighted by molar-refractivity contribution is -0.235. The van der Waals surface area contributed by atoms with E-state index in [1.54, 1.807) is 23.3 Å². The predicted molar refractivity (Wildman–Crippen MR) is 188 cm³/mol. The van der Waals surface area contributed by atoms with Gasteiger partial charge in [0, 0.05) is 36.9 Å². The third-order valence-electron chi connectivity index (χ3n) is 12.9. The number of nitrogens with zero attached hydrogens (tertiary/aromatic N) is 1. The molecule has 8 fully saturated rings. The second-order valence-corrected chi connectivity index (χ2v) is 16.4. The molecular formula is C41H47N3O9. The number of ether oxygens (including phenoxy) is 4. The number of epoxide rings is 1. The van der Waals surface area contributed by atoms with E-state index in [2.05, 4.69) is 34.9 Å². The lowest BCUT2D eigenvalue weighted by Crippen LogP contribution is -2.69. The molecule has 4 heterocycles. The van der Waals surface area contributed by atoms with Crippen LogP contribution in [0.15, 0.2) is 54.6 Å². The highest BCUT2D eigenvalue weighted by molar-refractivity contribution is 5.95. The number of amides is 2. The highest BCUT2D eigenvalue weighted by Gasteiger charge is 2.78. The van der Waals surface area contributed by atoms with Gasteiger partial charge >= 0.3 is 5.97 Å². The summed E-state index contributed by atoms with van der Waals surface area (Å²) < 4.78 is 25.7. The number of esters is 1. The number of allylic oxidation sites excluding steroid dienone is 1. The Bertz CT molecular complexity index is 1800. The zero-order valence-electron chi connectivity index (χ0n) is 29.7. The number of aliphatic hydroxyl groups excluding tert-OH is 1. The zero-order chi connectivity index (χ0) is 35.9. The molecule has 4 aliphatic heterocycles. The summed E-state index contributed by atoms with van der Waals surface area (Å²) >= 11 is 0. The van der Waals surface area contributed by atoms with E-state index in [0.29, 0.717) is 35.5 Å². The van der Waals surface area contributed by atoms with Crippen LogP contribution in [0, 0.1) is 23.2 Å².